The molecule has 0 spiro atoms. The van der Waals surface area contributed by atoms with Gasteiger partial charge in [-0.05, 0) is 92.5 Å². The molecule has 9 nitrogen and oxygen atoms in total. The number of ether oxygens (including phenoxy) is 1. The van der Waals surface area contributed by atoms with Gasteiger partial charge in [0, 0.05) is 35.1 Å². The van der Waals surface area contributed by atoms with Crippen molar-refractivity contribution in [3.8, 4) is 0 Å². The maximum atomic E-state index is 12.6. The van der Waals surface area contributed by atoms with Crippen LogP contribution in [0, 0.1) is 18.8 Å². The molecule has 2 atom stereocenters. The summed E-state index contributed by atoms with van der Waals surface area (Å²) in [4.78, 5) is 31.4. The average molecular weight is 685 g/mol. The van der Waals surface area contributed by atoms with E-state index in [0.29, 0.717) is 30.0 Å². The quantitative estimate of drug-likeness (QED) is 0.160. The van der Waals surface area contributed by atoms with Gasteiger partial charge in [-0.2, -0.15) is 16.0 Å². The second-order valence-corrected chi connectivity index (χ2v) is 12.4. The largest absolute Gasteiger partial charge is 1.00 e. The third kappa shape index (κ3) is 9.13. The Kier molecular flexibility index (Phi) is 16.9. The number of aliphatic imine (C=N–C) groups is 3. The maximum Gasteiger partial charge on any atom is 1.00 e. The predicted molar refractivity (Wildman–Crippen MR) is 183 cm³/mol. The van der Waals surface area contributed by atoms with Crippen molar-refractivity contribution < 1.29 is 83.7 Å². The van der Waals surface area contributed by atoms with Crippen LogP contribution in [-0.2, 0) is 14.3 Å². The normalized spacial score (nSPS) is 22.1. The zero-order valence-corrected chi connectivity index (χ0v) is 34.7. The molecule has 5 aliphatic heterocycles. The van der Waals surface area contributed by atoms with Gasteiger partial charge in [0.2, 0.25) is 0 Å². The number of allylic oxidation sites excluding steroid dienone is 11. The number of unbranched alkanes of at least 4 members (excludes halogenated alkanes) is 3. The Balaban J connectivity index is 0.00000161. The van der Waals surface area contributed by atoms with Crippen LogP contribution >= 0.6 is 0 Å². The van der Waals surface area contributed by atoms with Gasteiger partial charge in [0.15, 0.2) is 0 Å². The van der Waals surface area contributed by atoms with Gasteiger partial charge in [-0.15, -0.1) is 0 Å². The van der Waals surface area contributed by atoms with Crippen LogP contribution in [0.15, 0.2) is 107 Å². The Morgan fingerprint density at radius 2 is 1.53 bits per heavy atom. The smallest absolute Gasteiger partial charge is 0.629 e. The number of nitrogens with zero attached hydrogens (tertiary/aromatic N) is 3. The van der Waals surface area contributed by atoms with Gasteiger partial charge >= 0.3 is 65.3 Å². The third-order valence-electron chi connectivity index (χ3n) is 9.61. The SMILES string of the molecule is O=C=O.[CH2-]C[C@@H]1C2=C(C)C3=NC(=C(C)C3=C([O-])O)C=C3N=C(C=C4N=C(C=C(N2)[C@H]1C)C(C)=C4COCCCCCC)C(C)=C3CC.[Na+].[Na+]. The minimum absolute atomic E-state index is 0. The molecule has 0 saturated carbocycles. The Bertz CT molecular complexity index is 1710. The first-order valence-electron chi connectivity index (χ1n) is 16.5. The number of carbonyl (C=O) groups excluding carboxylic acids is 2. The van der Waals surface area contributed by atoms with E-state index in [-0.39, 0.29) is 82.7 Å². The summed E-state index contributed by atoms with van der Waals surface area (Å²) in [6.07, 6.45) is 12.6. The van der Waals surface area contributed by atoms with Crippen LogP contribution in [0.4, 0.5) is 0 Å². The van der Waals surface area contributed by atoms with E-state index >= 15 is 0 Å². The molecule has 0 radical (unpaired) electrons. The van der Waals surface area contributed by atoms with Crippen molar-refractivity contribution in [3.05, 3.63) is 98.6 Å². The Labute approximate surface area is 335 Å². The molecule has 0 aromatic rings. The van der Waals surface area contributed by atoms with Gasteiger partial charge in [-0.25, -0.2) is 15.0 Å². The molecule has 5 heterocycles. The van der Waals surface area contributed by atoms with Gasteiger partial charge in [0.25, 0.3) is 0 Å². The first kappa shape index (κ1) is 42.8. The van der Waals surface area contributed by atoms with E-state index in [4.69, 9.17) is 29.3 Å². The molecular weight excluding hydrogens is 638 g/mol. The van der Waals surface area contributed by atoms with Gasteiger partial charge in [-0.1, -0.05) is 40.0 Å². The molecule has 0 aromatic carbocycles. The number of nitrogens with one attached hydrogen (secondary N) is 1. The number of hydrogen-bond donors (Lipinski definition) is 2. The molecule has 0 aromatic heterocycles. The number of fused-ring (bicyclic) bond motifs is 5. The molecule has 49 heavy (non-hydrogen) atoms. The fraction of sp³-hybridized carbons (Fsp3) is 0.447. The van der Waals surface area contributed by atoms with Crippen molar-refractivity contribution in [1.29, 1.82) is 0 Å². The minimum Gasteiger partial charge on any atom is -0.629 e. The second kappa shape index (κ2) is 19.3. The van der Waals surface area contributed by atoms with E-state index in [1.165, 1.54) is 19.3 Å². The summed E-state index contributed by atoms with van der Waals surface area (Å²) in [5, 5.41) is 26.5. The Morgan fingerprint density at radius 3 is 2.12 bits per heavy atom. The molecule has 2 N–H and O–H groups in total. The average Bonchev–Trinajstić information content (AvgIpc) is 3.72. The molecule has 250 valence electrons. The fourth-order valence-electron chi connectivity index (χ4n) is 6.74. The molecule has 0 unspecified atom stereocenters. The summed E-state index contributed by atoms with van der Waals surface area (Å²) in [5.74, 6) is -0.724. The topological polar surface area (TPSA) is 136 Å². The van der Waals surface area contributed by atoms with Crippen LogP contribution in [0.5, 0.6) is 0 Å². The van der Waals surface area contributed by atoms with Crippen molar-refractivity contribution in [1.82, 2.24) is 5.32 Å². The van der Waals surface area contributed by atoms with Crippen molar-refractivity contribution in [2.75, 3.05) is 13.2 Å². The minimum atomic E-state index is -0.976. The Hall–Kier alpha value is -2.33. The molecule has 5 aliphatic rings. The molecule has 0 amide bonds. The van der Waals surface area contributed by atoms with E-state index in [1.807, 2.05) is 19.9 Å². The molecule has 1 saturated heterocycles. The van der Waals surface area contributed by atoms with Crippen LogP contribution in [0.2, 0.25) is 0 Å². The van der Waals surface area contributed by atoms with E-state index in [9.17, 15) is 10.2 Å². The maximum absolute atomic E-state index is 12.6. The summed E-state index contributed by atoms with van der Waals surface area (Å²) in [5.41, 5.74) is 12.8. The summed E-state index contributed by atoms with van der Waals surface area (Å²) >= 11 is 0. The summed E-state index contributed by atoms with van der Waals surface area (Å²) in [7, 11) is 0. The molecule has 0 aliphatic carbocycles. The number of rotatable bonds is 9. The molecule has 11 heteroatoms. The predicted octanol–water partition coefficient (Wildman–Crippen LogP) is 0.837. The van der Waals surface area contributed by atoms with Crippen LogP contribution in [0.25, 0.3) is 0 Å². The Morgan fingerprint density at radius 1 is 0.918 bits per heavy atom. The summed E-state index contributed by atoms with van der Waals surface area (Å²) in [6, 6.07) is 0. The van der Waals surface area contributed by atoms with Crippen LogP contribution < -0.4 is 69.5 Å². The molecule has 5 rings (SSSR count). The van der Waals surface area contributed by atoms with Crippen molar-refractivity contribution >= 4 is 23.3 Å². The monoisotopic (exact) mass is 684 g/mol. The van der Waals surface area contributed by atoms with E-state index in [0.717, 1.165) is 81.5 Å². The van der Waals surface area contributed by atoms with Gasteiger partial charge in [-0.3, -0.25) is 0 Å². The van der Waals surface area contributed by atoms with Crippen molar-refractivity contribution in [3.63, 3.8) is 0 Å². The molecular formula is C38H46N4Na2O5. The standard InChI is InChI=1S/C37H47N4O3.CO2.2Na/c1-9-12-13-14-15-44-19-27-22(6)28-16-30-21(5)26(11-3)35(40-30)24(8)36-34(37(42)43)23(7)31(41-36)18-32-25(10-2)20(4)29(38-32)17-33(27)39-28;2-1-3;;/h16-18,21,26,40,42-43H,3,9-15,19H2,1-2,4-8H3;;;/q-1;;2*+1/p-1/t21-,26-;;;/m0.../s1. The van der Waals surface area contributed by atoms with E-state index in [2.05, 4.69) is 59.0 Å². The summed E-state index contributed by atoms with van der Waals surface area (Å²) in [6.45, 7) is 20.1. The zero-order valence-electron chi connectivity index (χ0n) is 30.7. The second-order valence-electron chi connectivity index (χ2n) is 12.4. The zero-order chi connectivity index (χ0) is 34.4. The number of hydrogen-bond acceptors (Lipinski definition) is 9. The molecule has 8 bridgehead atoms. The van der Waals surface area contributed by atoms with Crippen LogP contribution in [0.3, 0.4) is 0 Å². The van der Waals surface area contributed by atoms with E-state index in [1.54, 1.807) is 0 Å². The van der Waals surface area contributed by atoms with Gasteiger partial charge < -0.3 is 27.2 Å². The molecule has 1 fully saturated rings. The third-order valence-corrected chi connectivity index (χ3v) is 9.61. The van der Waals surface area contributed by atoms with Gasteiger partial charge in [0.1, 0.15) is 0 Å². The van der Waals surface area contributed by atoms with E-state index < -0.39 is 5.95 Å². The van der Waals surface area contributed by atoms with Crippen molar-refractivity contribution in [2.24, 2.45) is 26.8 Å². The first-order chi connectivity index (χ1) is 22.5. The van der Waals surface area contributed by atoms with Crippen LogP contribution in [0.1, 0.15) is 87.0 Å². The number of aliphatic hydroxyl groups is 1. The van der Waals surface area contributed by atoms with Crippen molar-refractivity contribution in [2.45, 2.75) is 87.0 Å². The summed E-state index contributed by atoms with van der Waals surface area (Å²) < 4.78 is 6.20. The number of aliphatic hydroxyl groups excluding tert-OH is 1. The fourth-order valence-corrected chi connectivity index (χ4v) is 6.74. The van der Waals surface area contributed by atoms with Crippen LogP contribution in [-0.4, -0.2) is 41.6 Å². The van der Waals surface area contributed by atoms with Gasteiger partial charge in [0.05, 0.1) is 46.8 Å². The first-order valence-corrected chi connectivity index (χ1v) is 16.5.